The molecule has 0 spiro atoms. The van der Waals surface area contributed by atoms with E-state index in [0.717, 1.165) is 12.1 Å². The molecule has 0 fully saturated rings. The van der Waals surface area contributed by atoms with Crippen LogP contribution in [0, 0.1) is 5.82 Å². The molecule has 1 heterocycles. The maximum absolute atomic E-state index is 13.8. The Balaban J connectivity index is 0.00000338. The second kappa shape index (κ2) is 8.95. The molecule has 2 rings (SSSR count). The predicted octanol–water partition coefficient (Wildman–Crippen LogP) is 2.57. The number of nitrogens with zero attached hydrogens (tertiary/aromatic N) is 3. The number of rotatable bonds is 6. The van der Waals surface area contributed by atoms with Gasteiger partial charge in [-0.2, -0.15) is 13.2 Å². The van der Waals surface area contributed by atoms with Gasteiger partial charge in [-0.15, -0.1) is 17.5 Å². The van der Waals surface area contributed by atoms with Gasteiger partial charge in [-0.3, -0.25) is 4.79 Å². The summed E-state index contributed by atoms with van der Waals surface area (Å²) in [6.45, 7) is 4.38. The Kier molecular flexibility index (Phi) is 7.52. The molecule has 0 unspecified atom stereocenters. The Bertz CT molecular complexity index is 750. The maximum atomic E-state index is 13.8. The molecule has 0 bridgehead atoms. The predicted molar refractivity (Wildman–Crippen MR) is 89.0 cm³/mol. The molecule has 2 N–H and O–H groups in total. The molecule has 26 heavy (non-hydrogen) atoms. The molecule has 2 aromatic rings. The minimum absolute atomic E-state index is 0. The lowest BCUT2D eigenvalue weighted by Crippen LogP contribution is -2.39. The summed E-state index contributed by atoms with van der Waals surface area (Å²) in [6, 6.07) is 4.67. The molecule has 6 nitrogen and oxygen atoms in total. The van der Waals surface area contributed by atoms with Gasteiger partial charge in [0.1, 0.15) is 11.5 Å². The summed E-state index contributed by atoms with van der Waals surface area (Å²) in [7, 11) is 0. The van der Waals surface area contributed by atoms with Crippen molar-refractivity contribution < 1.29 is 22.4 Å². The average Bonchev–Trinajstić information content (AvgIpc) is 2.98. The van der Waals surface area contributed by atoms with Gasteiger partial charge in [0.15, 0.2) is 11.4 Å². The van der Waals surface area contributed by atoms with Crippen LogP contribution in [0.25, 0.3) is 5.69 Å². The van der Waals surface area contributed by atoms with E-state index in [-0.39, 0.29) is 29.7 Å². The molecule has 144 valence electrons. The molecule has 1 aromatic carbocycles. The molecular weight excluding hydrogens is 378 g/mol. The highest BCUT2D eigenvalue weighted by molar-refractivity contribution is 5.93. The molecule has 0 radical (unpaired) electrons. The van der Waals surface area contributed by atoms with Crippen LogP contribution in [0.3, 0.4) is 0 Å². The summed E-state index contributed by atoms with van der Waals surface area (Å²) in [5.74, 6) is -1.94. The van der Waals surface area contributed by atoms with Gasteiger partial charge >= 0.3 is 6.18 Å². The van der Waals surface area contributed by atoms with E-state index < -0.39 is 35.0 Å². The fourth-order valence-corrected chi connectivity index (χ4v) is 2.23. The van der Waals surface area contributed by atoms with Crippen LogP contribution in [0.15, 0.2) is 24.3 Å². The first-order chi connectivity index (χ1) is 11.8. The third-order valence-electron chi connectivity index (χ3n) is 3.36. The summed E-state index contributed by atoms with van der Waals surface area (Å²) >= 11 is 0. The number of nitrogens with one attached hydrogen (secondary N) is 2. The Morgan fingerprint density at radius 2 is 1.96 bits per heavy atom. The number of carbonyl (C=O) groups excluding carboxylic acids is 1. The van der Waals surface area contributed by atoms with Gasteiger partial charge in [0.2, 0.25) is 0 Å². The molecule has 0 aliphatic carbocycles. The minimum Gasteiger partial charge on any atom is -0.349 e. The van der Waals surface area contributed by atoms with E-state index in [0.29, 0.717) is 6.54 Å². The molecule has 1 atom stereocenters. The monoisotopic (exact) mass is 395 g/mol. The van der Waals surface area contributed by atoms with E-state index in [1.165, 1.54) is 12.1 Å². The second-order valence-electron chi connectivity index (χ2n) is 5.32. The maximum Gasteiger partial charge on any atom is 0.435 e. The summed E-state index contributed by atoms with van der Waals surface area (Å²) in [6.07, 6.45) is -4.94. The van der Waals surface area contributed by atoms with Gasteiger partial charge < -0.3 is 10.6 Å². The van der Waals surface area contributed by atoms with E-state index in [1.807, 2.05) is 6.92 Å². The zero-order valence-corrected chi connectivity index (χ0v) is 14.8. The van der Waals surface area contributed by atoms with Crippen LogP contribution < -0.4 is 10.6 Å². The zero-order valence-electron chi connectivity index (χ0n) is 14.0. The third kappa shape index (κ3) is 4.92. The quantitative estimate of drug-likeness (QED) is 0.737. The number of likely N-dealkylation sites (N-methyl/N-ethyl adjacent to an activating group) is 1. The molecule has 0 saturated carbocycles. The van der Waals surface area contributed by atoms with Crippen molar-refractivity contribution in [2.45, 2.75) is 26.1 Å². The van der Waals surface area contributed by atoms with E-state index in [2.05, 4.69) is 20.9 Å². The molecule has 0 aliphatic rings. The zero-order chi connectivity index (χ0) is 18.6. The van der Waals surface area contributed by atoms with Crippen molar-refractivity contribution in [1.29, 1.82) is 0 Å². The second-order valence-corrected chi connectivity index (χ2v) is 5.32. The van der Waals surface area contributed by atoms with Crippen molar-refractivity contribution in [3.05, 3.63) is 41.5 Å². The number of aromatic nitrogens is 3. The third-order valence-corrected chi connectivity index (χ3v) is 3.36. The highest BCUT2D eigenvalue weighted by Gasteiger charge is 2.42. The average molecular weight is 396 g/mol. The lowest BCUT2D eigenvalue weighted by molar-refractivity contribution is -0.143. The van der Waals surface area contributed by atoms with E-state index in [1.54, 1.807) is 6.92 Å². The van der Waals surface area contributed by atoms with E-state index in [9.17, 15) is 22.4 Å². The first-order valence-corrected chi connectivity index (χ1v) is 7.55. The number of para-hydroxylation sites is 1. The Morgan fingerprint density at radius 3 is 2.54 bits per heavy atom. The normalized spacial score (nSPS) is 12.4. The number of alkyl halides is 3. The van der Waals surface area contributed by atoms with Crippen LogP contribution in [0.2, 0.25) is 0 Å². The Labute approximate surface area is 153 Å². The lowest BCUT2D eigenvalue weighted by atomic mass is 10.2. The van der Waals surface area contributed by atoms with Crippen molar-refractivity contribution in [2.75, 3.05) is 13.1 Å². The Morgan fingerprint density at radius 1 is 1.31 bits per heavy atom. The van der Waals surface area contributed by atoms with Gasteiger partial charge in [0.05, 0.1) is 0 Å². The van der Waals surface area contributed by atoms with Crippen LogP contribution in [-0.4, -0.2) is 40.0 Å². The first-order valence-electron chi connectivity index (χ1n) is 7.55. The van der Waals surface area contributed by atoms with Crippen molar-refractivity contribution in [2.24, 2.45) is 0 Å². The number of amides is 1. The molecule has 0 saturated heterocycles. The van der Waals surface area contributed by atoms with Gasteiger partial charge in [0, 0.05) is 12.6 Å². The highest BCUT2D eigenvalue weighted by Crippen LogP contribution is 2.33. The van der Waals surface area contributed by atoms with Crippen LogP contribution in [0.5, 0.6) is 0 Å². The minimum atomic E-state index is -4.94. The van der Waals surface area contributed by atoms with Crippen LogP contribution >= 0.6 is 12.4 Å². The van der Waals surface area contributed by atoms with Crippen molar-refractivity contribution >= 4 is 18.3 Å². The standard InChI is InChI=1S/C15H17F4N5O.ClH/c1-3-20-9(2)8-21-14(25)12-13(15(17,18)19)24(23-22-12)11-7-5-4-6-10(11)16;/h4-7,9,20H,3,8H2,1-2H3,(H,21,25);1H/t9-;/m1./s1. The summed E-state index contributed by atoms with van der Waals surface area (Å²) < 4.78 is 54.4. The van der Waals surface area contributed by atoms with Crippen LogP contribution in [0.4, 0.5) is 17.6 Å². The number of hydrogen-bond acceptors (Lipinski definition) is 4. The van der Waals surface area contributed by atoms with Crippen LogP contribution in [0.1, 0.15) is 30.0 Å². The SMILES string of the molecule is CCN[C@H](C)CNC(=O)c1nnn(-c2ccccc2F)c1C(F)(F)F.Cl. The summed E-state index contributed by atoms with van der Waals surface area (Å²) in [4.78, 5) is 12.1. The van der Waals surface area contributed by atoms with Gasteiger partial charge in [0.25, 0.3) is 5.91 Å². The topological polar surface area (TPSA) is 71.8 Å². The fraction of sp³-hybridized carbons (Fsp3) is 0.400. The number of hydrogen-bond donors (Lipinski definition) is 2. The highest BCUT2D eigenvalue weighted by atomic mass is 35.5. The summed E-state index contributed by atoms with van der Waals surface area (Å²) in [5.41, 5.74) is -2.77. The molecular formula is C15H18ClF4N5O. The largest absolute Gasteiger partial charge is 0.435 e. The van der Waals surface area contributed by atoms with Crippen molar-refractivity contribution in [3.8, 4) is 5.69 Å². The summed E-state index contributed by atoms with van der Waals surface area (Å²) in [5, 5.41) is 12.0. The van der Waals surface area contributed by atoms with E-state index in [4.69, 9.17) is 0 Å². The van der Waals surface area contributed by atoms with E-state index >= 15 is 0 Å². The molecule has 11 heteroatoms. The number of benzene rings is 1. The first kappa shape index (κ1) is 21.8. The van der Waals surface area contributed by atoms with Crippen molar-refractivity contribution in [3.63, 3.8) is 0 Å². The number of halogens is 5. The molecule has 0 aliphatic heterocycles. The van der Waals surface area contributed by atoms with Gasteiger partial charge in [-0.1, -0.05) is 24.3 Å². The van der Waals surface area contributed by atoms with Gasteiger partial charge in [-0.05, 0) is 25.6 Å². The smallest absolute Gasteiger partial charge is 0.349 e. The molecule has 1 aromatic heterocycles. The van der Waals surface area contributed by atoms with Gasteiger partial charge in [-0.25, -0.2) is 9.07 Å². The molecule has 1 amide bonds. The Hall–Kier alpha value is -2.20. The van der Waals surface area contributed by atoms with Crippen LogP contribution in [-0.2, 0) is 6.18 Å². The van der Waals surface area contributed by atoms with Crippen molar-refractivity contribution in [1.82, 2.24) is 25.6 Å². The fourth-order valence-electron chi connectivity index (χ4n) is 2.23. The number of carbonyl (C=O) groups is 1. The lowest BCUT2D eigenvalue weighted by Gasteiger charge is -2.14.